The Bertz CT molecular complexity index is 426. The van der Waals surface area contributed by atoms with Crippen LogP contribution in [0.2, 0.25) is 0 Å². The first-order chi connectivity index (χ1) is 7.74. The first-order valence-electron chi connectivity index (χ1n) is 4.75. The zero-order valence-electron chi connectivity index (χ0n) is 8.38. The third-order valence-corrected chi connectivity index (χ3v) is 2.05. The first-order valence-corrected chi connectivity index (χ1v) is 4.75. The number of aromatic nitrogens is 2. The van der Waals surface area contributed by atoms with E-state index in [2.05, 4.69) is 9.84 Å². The number of benzene rings is 1. The second kappa shape index (κ2) is 4.74. The van der Waals surface area contributed by atoms with E-state index in [9.17, 15) is 8.78 Å². The maximum atomic E-state index is 11.9. The minimum atomic E-state index is -2.78. The molecule has 0 aliphatic heterocycles. The summed E-state index contributed by atoms with van der Waals surface area (Å²) < 4.78 is 29.8. The molecule has 0 radical (unpaired) electrons. The number of nitrogens with zero attached hydrogens (tertiary/aromatic N) is 2. The third kappa shape index (κ3) is 2.79. The molecule has 0 amide bonds. The summed E-state index contributed by atoms with van der Waals surface area (Å²) in [5, 5.41) is 4.05. The van der Waals surface area contributed by atoms with Gasteiger partial charge in [0.25, 0.3) is 0 Å². The van der Waals surface area contributed by atoms with Crippen LogP contribution >= 0.6 is 0 Å². The van der Waals surface area contributed by atoms with Gasteiger partial charge in [-0.25, -0.2) is 0 Å². The zero-order valence-corrected chi connectivity index (χ0v) is 8.38. The van der Waals surface area contributed by atoms with Gasteiger partial charge in [0, 0.05) is 12.4 Å². The Labute approximate surface area is 91.3 Å². The molecule has 0 N–H and O–H groups in total. The summed E-state index contributed by atoms with van der Waals surface area (Å²) in [6.07, 6.45) is 3.53. The van der Waals surface area contributed by atoms with Crippen molar-refractivity contribution in [3.63, 3.8) is 0 Å². The van der Waals surface area contributed by atoms with Gasteiger partial charge in [0.05, 0.1) is 6.54 Å². The lowest BCUT2D eigenvalue weighted by Gasteiger charge is -2.05. The standard InChI is InChI=1S/C11H10F2N2O/c12-11(13)16-10-4-2-9(3-5-10)8-15-7-1-6-14-15/h1-7,11H,8H2. The molecule has 2 aromatic rings. The summed E-state index contributed by atoms with van der Waals surface area (Å²) in [7, 11) is 0. The quantitative estimate of drug-likeness (QED) is 0.797. The topological polar surface area (TPSA) is 27.1 Å². The van der Waals surface area contributed by atoms with Gasteiger partial charge in [0.15, 0.2) is 0 Å². The van der Waals surface area contributed by atoms with Gasteiger partial charge in [-0.15, -0.1) is 0 Å². The monoisotopic (exact) mass is 224 g/mol. The summed E-state index contributed by atoms with van der Waals surface area (Å²) in [5.41, 5.74) is 0.977. The summed E-state index contributed by atoms with van der Waals surface area (Å²) >= 11 is 0. The Morgan fingerprint density at radius 1 is 1.25 bits per heavy atom. The maximum Gasteiger partial charge on any atom is 0.387 e. The van der Waals surface area contributed by atoms with Gasteiger partial charge < -0.3 is 4.74 Å². The van der Waals surface area contributed by atoms with Crippen LogP contribution in [-0.2, 0) is 6.54 Å². The minimum absolute atomic E-state index is 0.166. The number of ether oxygens (including phenoxy) is 1. The molecule has 1 aromatic carbocycles. The van der Waals surface area contributed by atoms with Gasteiger partial charge in [-0.1, -0.05) is 12.1 Å². The molecule has 5 heteroatoms. The molecule has 0 saturated carbocycles. The number of hydrogen-bond donors (Lipinski definition) is 0. The molecular weight excluding hydrogens is 214 g/mol. The molecule has 0 spiro atoms. The fraction of sp³-hybridized carbons (Fsp3) is 0.182. The van der Waals surface area contributed by atoms with Crippen LogP contribution in [0.5, 0.6) is 5.75 Å². The van der Waals surface area contributed by atoms with E-state index < -0.39 is 6.61 Å². The Kier molecular flexibility index (Phi) is 3.14. The highest BCUT2D eigenvalue weighted by atomic mass is 19.3. The Balaban J connectivity index is 2.02. The number of rotatable bonds is 4. The lowest BCUT2D eigenvalue weighted by atomic mass is 10.2. The molecule has 0 bridgehead atoms. The largest absolute Gasteiger partial charge is 0.435 e. The van der Waals surface area contributed by atoms with Crippen LogP contribution in [0.4, 0.5) is 8.78 Å². The predicted molar refractivity (Wildman–Crippen MR) is 54.4 cm³/mol. The molecule has 0 aliphatic rings. The van der Waals surface area contributed by atoms with Crippen LogP contribution in [0.1, 0.15) is 5.56 Å². The van der Waals surface area contributed by atoms with E-state index in [0.29, 0.717) is 6.54 Å². The molecule has 1 heterocycles. The van der Waals surface area contributed by atoms with E-state index in [4.69, 9.17) is 0 Å². The minimum Gasteiger partial charge on any atom is -0.435 e. The Hall–Kier alpha value is -1.91. The molecule has 0 unspecified atom stereocenters. The smallest absolute Gasteiger partial charge is 0.387 e. The zero-order chi connectivity index (χ0) is 11.4. The van der Waals surface area contributed by atoms with Crippen LogP contribution in [0.25, 0.3) is 0 Å². The average Bonchev–Trinajstić information content (AvgIpc) is 2.73. The van der Waals surface area contributed by atoms with Crippen molar-refractivity contribution in [2.75, 3.05) is 0 Å². The number of alkyl halides is 2. The van der Waals surface area contributed by atoms with Gasteiger partial charge in [0.1, 0.15) is 5.75 Å². The van der Waals surface area contributed by atoms with E-state index in [-0.39, 0.29) is 5.75 Å². The van der Waals surface area contributed by atoms with Crippen molar-refractivity contribution in [1.82, 2.24) is 9.78 Å². The fourth-order valence-corrected chi connectivity index (χ4v) is 1.36. The summed E-state index contributed by atoms with van der Waals surface area (Å²) in [6.45, 7) is -2.17. The normalized spacial score (nSPS) is 10.7. The van der Waals surface area contributed by atoms with Gasteiger partial charge in [-0.3, -0.25) is 4.68 Å². The Morgan fingerprint density at radius 2 is 2.00 bits per heavy atom. The fourth-order valence-electron chi connectivity index (χ4n) is 1.36. The van der Waals surface area contributed by atoms with Crippen LogP contribution < -0.4 is 4.74 Å². The highest BCUT2D eigenvalue weighted by Crippen LogP contribution is 2.15. The molecule has 1 aromatic heterocycles. The van der Waals surface area contributed by atoms with Crippen LogP contribution in [0.15, 0.2) is 42.7 Å². The average molecular weight is 224 g/mol. The van der Waals surface area contributed by atoms with Crippen LogP contribution in [0, 0.1) is 0 Å². The van der Waals surface area contributed by atoms with Gasteiger partial charge >= 0.3 is 6.61 Å². The molecule has 0 atom stereocenters. The Morgan fingerprint density at radius 3 is 2.56 bits per heavy atom. The van der Waals surface area contributed by atoms with Crippen molar-refractivity contribution in [2.45, 2.75) is 13.2 Å². The van der Waals surface area contributed by atoms with E-state index in [0.717, 1.165) is 5.56 Å². The molecule has 2 rings (SSSR count). The molecule has 0 fully saturated rings. The second-order valence-electron chi connectivity index (χ2n) is 3.23. The lowest BCUT2D eigenvalue weighted by Crippen LogP contribution is -2.03. The second-order valence-corrected chi connectivity index (χ2v) is 3.23. The van der Waals surface area contributed by atoms with Gasteiger partial charge in [-0.2, -0.15) is 13.9 Å². The van der Waals surface area contributed by atoms with Gasteiger partial charge in [-0.05, 0) is 23.8 Å². The van der Waals surface area contributed by atoms with Crippen molar-refractivity contribution >= 4 is 0 Å². The van der Waals surface area contributed by atoms with Gasteiger partial charge in [0.2, 0.25) is 0 Å². The van der Waals surface area contributed by atoms with E-state index in [1.165, 1.54) is 12.1 Å². The van der Waals surface area contributed by atoms with Crippen molar-refractivity contribution < 1.29 is 13.5 Å². The van der Waals surface area contributed by atoms with Crippen molar-refractivity contribution in [2.24, 2.45) is 0 Å². The van der Waals surface area contributed by atoms with E-state index in [1.54, 1.807) is 23.0 Å². The highest BCUT2D eigenvalue weighted by molar-refractivity contribution is 5.27. The van der Waals surface area contributed by atoms with Crippen LogP contribution in [-0.4, -0.2) is 16.4 Å². The summed E-state index contributed by atoms with van der Waals surface area (Å²) in [4.78, 5) is 0. The molecule has 0 saturated heterocycles. The molecule has 0 aliphatic carbocycles. The predicted octanol–water partition coefficient (Wildman–Crippen LogP) is 2.53. The molecular formula is C11H10F2N2O. The number of hydrogen-bond acceptors (Lipinski definition) is 2. The lowest BCUT2D eigenvalue weighted by molar-refractivity contribution is -0.0498. The SMILES string of the molecule is FC(F)Oc1ccc(Cn2cccn2)cc1. The number of halogens is 2. The first kappa shape index (κ1) is 10.6. The third-order valence-electron chi connectivity index (χ3n) is 2.05. The molecule has 16 heavy (non-hydrogen) atoms. The van der Waals surface area contributed by atoms with E-state index in [1.807, 2.05) is 12.3 Å². The van der Waals surface area contributed by atoms with Crippen molar-refractivity contribution in [3.8, 4) is 5.75 Å². The highest BCUT2D eigenvalue weighted by Gasteiger charge is 2.03. The van der Waals surface area contributed by atoms with Crippen LogP contribution in [0.3, 0.4) is 0 Å². The van der Waals surface area contributed by atoms with Crippen molar-refractivity contribution in [3.05, 3.63) is 48.3 Å². The van der Waals surface area contributed by atoms with Crippen molar-refractivity contribution in [1.29, 1.82) is 0 Å². The summed E-state index contributed by atoms with van der Waals surface area (Å²) in [6, 6.07) is 8.34. The maximum absolute atomic E-state index is 11.9. The van der Waals surface area contributed by atoms with E-state index >= 15 is 0 Å². The summed E-state index contributed by atoms with van der Waals surface area (Å²) in [5.74, 6) is 0.166. The molecule has 3 nitrogen and oxygen atoms in total. The molecule has 84 valence electrons.